The Bertz CT molecular complexity index is 1570. The number of aryl methyl sites for hydroxylation is 1. The summed E-state index contributed by atoms with van der Waals surface area (Å²) in [6, 6.07) is 24.4. The quantitative estimate of drug-likeness (QED) is 0.182. The van der Waals surface area contributed by atoms with E-state index in [0.717, 1.165) is 27.8 Å². The van der Waals surface area contributed by atoms with Crippen molar-refractivity contribution in [1.82, 2.24) is 15.6 Å². The van der Waals surface area contributed by atoms with Crippen LogP contribution in [0.1, 0.15) is 69.3 Å². The summed E-state index contributed by atoms with van der Waals surface area (Å²) in [5.41, 5.74) is 5.42. The van der Waals surface area contributed by atoms with E-state index in [1.165, 1.54) is 11.3 Å². The summed E-state index contributed by atoms with van der Waals surface area (Å²) in [5, 5.41) is 15.9. The van der Waals surface area contributed by atoms with Crippen LogP contribution in [-0.2, 0) is 16.0 Å². The zero-order valence-electron chi connectivity index (χ0n) is 24.4. The van der Waals surface area contributed by atoms with Gasteiger partial charge in [0.15, 0.2) is 5.69 Å². The summed E-state index contributed by atoms with van der Waals surface area (Å²) in [7, 11) is 0. The highest BCUT2D eigenvalue weighted by Gasteiger charge is 2.31. The number of thiazole rings is 1. The van der Waals surface area contributed by atoms with E-state index >= 15 is 0 Å². The molecule has 0 fully saturated rings. The molecule has 0 saturated carbocycles. The zero-order valence-corrected chi connectivity index (χ0v) is 25.2. The molecule has 3 aromatic carbocycles. The van der Waals surface area contributed by atoms with Crippen molar-refractivity contribution in [2.75, 3.05) is 6.61 Å². The van der Waals surface area contributed by atoms with Crippen molar-refractivity contribution in [2.24, 2.45) is 5.92 Å². The van der Waals surface area contributed by atoms with Crippen molar-refractivity contribution >= 4 is 29.3 Å². The molecule has 8 nitrogen and oxygen atoms in total. The van der Waals surface area contributed by atoms with E-state index in [0.29, 0.717) is 22.7 Å². The first-order chi connectivity index (χ1) is 20.7. The van der Waals surface area contributed by atoms with Crippen LogP contribution < -0.4 is 10.6 Å². The number of fused-ring (bicyclic) bond motifs is 3. The van der Waals surface area contributed by atoms with Crippen molar-refractivity contribution in [2.45, 2.75) is 51.6 Å². The Morgan fingerprint density at radius 2 is 1.51 bits per heavy atom. The molecule has 3 N–H and O–H groups in total. The second-order valence-electron chi connectivity index (χ2n) is 11.2. The lowest BCUT2D eigenvalue weighted by molar-refractivity contribution is -0.124. The lowest BCUT2D eigenvalue weighted by Crippen LogP contribution is -2.48. The van der Waals surface area contributed by atoms with Crippen LogP contribution in [0.25, 0.3) is 11.1 Å². The number of benzene rings is 3. The van der Waals surface area contributed by atoms with Gasteiger partial charge in [-0.2, -0.15) is 0 Å². The first-order valence-corrected chi connectivity index (χ1v) is 15.2. The maximum absolute atomic E-state index is 13.7. The van der Waals surface area contributed by atoms with Crippen LogP contribution >= 0.6 is 11.3 Å². The molecular formula is C34H35N3O5S. The number of hydrogen-bond donors (Lipinski definition) is 3. The first-order valence-electron chi connectivity index (χ1n) is 14.4. The molecule has 1 aliphatic carbocycles. The number of carboxylic acid groups (broad SMARTS) is 1. The van der Waals surface area contributed by atoms with Crippen molar-refractivity contribution in [3.05, 3.63) is 111 Å². The Kier molecular flexibility index (Phi) is 9.21. The van der Waals surface area contributed by atoms with Crippen LogP contribution in [-0.4, -0.2) is 40.7 Å². The lowest BCUT2D eigenvalue weighted by Gasteiger charge is -2.24. The predicted octanol–water partition coefficient (Wildman–Crippen LogP) is 6.50. The predicted molar refractivity (Wildman–Crippen MR) is 166 cm³/mol. The summed E-state index contributed by atoms with van der Waals surface area (Å²) in [4.78, 5) is 43.4. The number of hydrogen-bond acceptors (Lipinski definition) is 6. The van der Waals surface area contributed by atoms with Gasteiger partial charge in [-0.1, -0.05) is 92.7 Å². The van der Waals surface area contributed by atoms with E-state index in [1.807, 2.05) is 68.4 Å². The molecule has 1 aromatic heterocycles. The lowest BCUT2D eigenvalue weighted by atomic mass is 9.98. The largest absolute Gasteiger partial charge is 0.476 e. The van der Waals surface area contributed by atoms with Gasteiger partial charge in [-0.25, -0.2) is 14.6 Å². The molecular weight excluding hydrogens is 562 g/mol. The van der Waals surface area contributed by atoms with Crippen LogP contribution in [0.5, 0.6) is 0 Å². The van der Waals surface area contributed by atoms with Gasteiger partial charge in [-0.05, 0) is 53.5 Å². The smallest absolute Gasteiger partial charge is 0.407 e. The Balaban J connectivity index is 1.30. The maximum atomic E-state index is 13.7. The minimum Gasteiger partial charge on any atom is -0.476 e. The number of aromatic nitrogens is 1. The average molecular weight is 598 g/mol. The number of amides is 2. The first kappa shape index (κ1) is 30.0. The molecule has 222 valence electrons. The highest BCUT2D eigenvalue weighted by molar-refractivity contribution is 7.12. The third-order valence-corrected chi connectivity index (χ3v) is 8.66. The second kappa shape index (κ2) is 13.2. The van der Waals surface area contributed by atoms with Gasteiger partial charge in [0, 0.05) is 10.8 Å². The van der Waals surface area contributed by atoms with Crippen molar-refractivity contribution in [1.29, 1.82) is 0 Å². The van der Waals surface area contributed by atoms with Gasteiger partial charge in [0.25, 0.3) is 0 Å². The third-order valence-electron chi connectivity index (χ3n) is 7.57. The van der Waals surface area contributed by atoms with Crippen molar-refractivity contribution < 1.29 is 24.2 Å². The molecule has 1 heterocycles. The van der Waals surface area contributed by atoms with E-state index in [9.17, 15) is 19.5 Å². The maximum Gasteiger partial charge on any atom is 0.407 e. The highest BCUT2D eigenvalue weighted by atomic mass is 32.1. The van der Waals surface area contributed by atoms with Gasteiger partial charge in [-0.15, -0.1) is 11.3 Å². The summed E-state index contributed by atoms with van der Waals surface area (Å²) in [6.07, 6.45) is 0.143. The molecule has 2 atom stereocenters. The number of alkyl carbamates (subject to hydrolysis) is 1. The van der Waals surface area contributed by atoms with Crippen LogP contribution in [0.4, 0.5) is 4.79 Å². The molecule has 0 bridgehead atoms. The Morgan fingerprint density at radius 3 is 2.09 bits per heavy atom. The van der Waals surface area contributed by atoms with Gasteiger partial charge in [0.05, 0.1) is 6.04 Å². The fourth-order valence-corrected chi connectivity index (χ4v) is 6.54. The monoisotopic (exact) mass is 597 g/mol. The minimum atomic E-state index is -1.11. The SMILES string of the molecule is Cc1sc([C@H](Cc2ccccc2)NC(=O)[C@H](CC(C)C)NC(=O)OCC2c3ccccc3-c3ccccc32)nc1C(=O)O. The summed E-state index contributed by atoms with van der Waals surface area (Å²) in [6.45, 7) is 5.80. The molecule has 0 aliphatic heterocycles. The molecule has 2 amide bonds. The number of nitrogens with zero attached hydrogens (tertiary/aromatic N) is 1. The third kappa shape index (κ3) is 6.94. The Labute approximate surface area is 255 Å². The number of carbonyl (C=O) groups excluding carboxylic acids is 2. The summed E-state index contributed by atoms with van der Waals surface area (Å²) >= 11 is 1.24. The van der Waals surface area contributed by atoms with Crippen molar-refractivity contribution in [3.63, 3.8) is 0 Å². The molecule has 5 rings (SSSR count). The van der Waals surface area contributed by atoms with Gasteiger partial charge in [-0.3, -0.25) is 4.79 Å². The minimum absolute atomic E-state index is 0.0252. The fraction of sp³-hybridized carbons (Fsp3) is 0.294. The number of carboxylic acids is 1. The highest BCUT2D eigenvalue weighted by Crippen LogP contribution is 2.44. The number of nitrogens with one attached hydrogen (secondary N) is 2. The molecule has 43 heavy (non-hydrogen) atoms. The molecule has 0 radical (unpaired) electrons. The van der Waals surface area contributed by atoms with E-state index in [4.69, 9.17) is 4.74 Å². The van der Waals surface area contributed by atoms with Crippen LogP contribution in [0.2, 0.25) is 0 Å². The standard InChI is InChI=1S/C34H35N3O5S/c1-20(2)17-28(36-34(41)42-19-27-25-15-9-7-13-23(25)24-14-8-10-16-26(24)27)31(38)35-29(18-22-11-5-4-6-12-22)32-37-30(33(39)40)21(3)43-32/h4-16,20,27-29H,17-19H2,1-3H3,(H,35,38)(H,36,41)(H,39,40)/t28-,29-/m0/s1. The van der Waals surface area contributed by atoms with Gasteiger partial charge in [0.2, 0.25) is 5.91 Å². The second-order valence-corrected chi connectivity index (χ2v) is 12.4. The topological polar surface area (TPSA) is 118 Å². The van der Waals surface area contributed by atoms with E-state index in [-0.39, 0.29) is 30.0 Å². The number of ether oxygens (including phenoxy) is 1. The van der Waals surface area contributed by atoms with Gasteiger partial charge in [0.1, 0.15) is 17.7 Å². The Morgan fingerprint density at radius 1 is 0.907 bits per heavy atom. The van der Waals surface area contributed by atoms with Crippen molar-refractivity contribution in [3.8, 4) is 11.1 Å². The molecule has 9 heteroatoms. The van der Waals surface area contributed by atoms with Crippen LogP contribution in [0.3, 0.4) is 0 Å². The molecule has 0 unspecified atom stereocenters. The molecule has 4 aromatic rings. The Hall–Kier alpha value is -4.50. The van der Waals surface area contributed by atoms with Crippen LogP contribution in [0, 0.1) is 12.8 Å². The summed E-state index contributed by atoms with van der Waals surface area (Å²) in [5.74, 6) is -1.48. The van der Waals surface area contributed by atoms with Crippen LogP contribution in [0.15, 0.2) is 78.9 Å². The van der Waals surface area contributed by atoms with Gasteiger partial charge >= 0.3 is 12.1 Å². The summed E-state index contributed by atoms with van der Waals surface area (Å²) < 4.78 is 5.73. The van der Waals surface area contributed by atoms with E-state index < -0.39 is 24.1 Å². The molecule has 0 spiro atoms. The average Bonchev–Trinajstić information content (AvgIpc) is 3.54. The molecule has 1 aliphatic rings. The fourth-order valence-electron chi connectivity index (χ4n) is 5.57. The normalized spacial score (nSPS) is 13.6. The van der Waals surface area contributed by atoms with E-state index in [2.05, 4.69) is 39.9 Å². The van der Waals surface area contributed by atoms with Gasteiger partial charge < -0.3 is 20.5 Å². The zero-order chi connectivity index (χ0) is 30.5. The number of rotatable bonds is 11. The number of aromatic carboxylic acids is 1. The van der Waals surface area contributed by atoms with E-state index in [1.54, 1.807) is 6.92 Å². The number of carbonyl (C=O) groups is 3. The molecule has 0 saturated heterocycles.